The smallest absolute Gasteiger partial charge is 0.264 e. The number of anilines is 2. The zero-order chi connectivity index (χ0) is 21.9. The molecule has 0 saturated heterocycles. The van der Waals surface area contributed by atoms with Gasteiger partial charge in [-0.1, -0.05) is 59.1 Å². The van der Waals surface area contributed by atoms with Crippen molar-refractivity contribution in [2.45, 2.75) is 11.8 Å². The maximum atomic E-state index is 13.9. The average molecular weight is 467 g/mol. The normalized spacial score (nSPS) is 11.2. The van der Waals surface area contributed by atoms with E-state index >= 15 is 0 Å². The molecule has 0 aromatic heterocycles. The first-order chi connectivity index (χ1) is 14.2. The lowest BCUT2D eigenvalue weighted by molar-refractivity contribution is -0.114. The third-order valence-corrected chi connectivity index (χ3v) is 6.83. The molecule has 0 unspecified atom stereocenters. The molecule has 0 aliphatic rings. The zero-order valence-corrected chi connectivity index (χ0v) is 18.1. The van der Waals surface area contributed by atoms with Gasteiger partial charge >= 0.3 is 0 Å². The second-order valence-corrected chi connectivity index (χ2v) is 9.07. The molecule has 5 nitrogen and oxygen atoms in total. The van der Waals surface area contributed by atoms with Crippen LogP contribution in [0, 0.1) is 12.7 Å². The minimum Gasteiger partial charge on any atom is -0.322 e. The lowest BCUT2D eigenvalue weighted by Crippen LogP contribution is -2.38. The van der Waals surface area contributed by atoms with E-state index in [0.29, 0.717) is 0 Å². The second kappa shape index (κ2) is 9.04. The predicted molar refractivity (Wildman–Crippen MR) is 117 cm³/mol. The number of carbonyl (C=O) groups excluding carboxylic acids is 1. The van der Waals surface area contributed by atoms with E-state index in [1.165, 1.54) is 48.5 Å². The maximum Gasteiger partial charge on any atom is 0.264 e. The predicted octanol–water partition coefficient (Wildman–Crippen LogP) is 5.27. The number of nitrogens with one attached hydrogen (secondary N) is 1. The van der Waals surface area contributed by atoms with Crippen LogP contribution in [-0.2, 0) is 14.8 Å². The fourth-order valence-corrected chi connectivity index (χ4v) is 4.59. The van der Waals surface area contributed by atoms with Gasteiger partial charge in [0.1, 0.15) is 12.4 Å². The maximum absolute atomic E-state index is 13.9. The van der Waals surface area contributed by atoms with Crippen LogP contribution in [0.4, 0.5) is 15.8 Å². The summed E-state index contributed by atoms with van der Waals surface area (Å²) in [5, 5.41) is 2.49. The molecule has 3 rings (SSSR count). The number of aryl methyl sites for hydroxylation is 1. The minimum atomic E-state index is -4.17. The van der Waals surface area contributed by atoms with Crippen molar-refractivity contribution in [2.75, 3.05) is 16.2 Å². The van der Waals surface area contributed by atoms with Crippen LogP contribution in [0.25, 0.3) is 0 Å². The van der Waals surface area contributed by atoms with Crippen molar-refractivity contribution in [2.24, 2.45) is 0 Å². The molecule has 0 radical (unpaired) electrons. The van der Waals surface area contributed by atoms with Crippen LogP contribution in [0.15, 0.2) is 71.6 Å². The SMILES string of the molecule is Cc1ccc(S(=O)(=O)N(CC(=O)Nc2ccccc2F)c2cccc(Cl)c2Cl)cc1. The molecule has 9 heteroatoms. The summed E-state index contributed by atoms with van der Waals surface area (Å²) in [6.45, 7) is 1.19. The first-order valence-corrected chi connectivity index (χ1v) is 11.0. The summed E-state index contributed by atoms with van der Waals surface area (Å²) in [7, 11) is -4.17. The van der Waals surface area contributed by atoms with Crippen LogP contribution in [0.3, 0.4) is 0 Å². The van der Waals surface area contributed by atoms with Crippen LogP contribution >= 0.6 is 23.2 Å². The summed E-state index contributed by atoms with van der Waals surface area (Å²) in [6.07, 6.45) is 0. The molecule has 156 valence electrons. The summed E-state index contributed by atoms with van der Waals surface area (Å²) >= 11 is 12.3. The Morgan fingerprint density at radius 2 is 1.67 bits per heavy atom. The van der Waals surface area contributed by atoms with E-state index in [-0.39, 0.29) is 26.3 Å². The van der Waals surface area contributed by atoms with Crippen molar-refractivity contribution in [3.05, 3.63) is 88.2 Å². The van der Waals surface area contributed by atoms with E-state index in [2.05, 4.69) is 5.32 Å². The topological polar surface area (TPSA) is 66.5 Å². The standard InChI is InChI=1S/C21H17Cl2FN2O3S/c1-14-9-11-15(12-10-14)30(28,29)26(19-8-4-5-16(22)21(19)23)13-20(27)25-18-7-3-2-6-17(18)24/h2-12H,13H2,1H3,(H,25,27). The Balaban J connectivity index is 2.02. The molecular weight excluding hydrogens is 450 g/mol. The molecular formula is C21H17Cl2FN2O3S. The van der Waals surface area contributed by atoms with Gasteiger partial charge in [-0.25, -0.2) is 12.8 Å². The number of carbonyl (C=O) groups is 1. The van der Waals surface area contributed by atoms with Gasteiger partial charge in [-0.15, -0.1) is 0 Å². The van der Waals surface area contributed by atoms with Gasteiger partial charge in [0.2, 0.25) is 5.91 Å². The first kappa shape index (κ1) is 22.1. The number of para-hydroxylation sites is 1. The average Bonchev–Trinajstić information content (AvgIpc) is 2.70. The number of halogens is 3. The summed E-state index contributed by atoms with van der Waals surface area (Å²) in [5.74, 6) is -1.38. The van der Waals surface area contributed by atoms with E-state index in [1.807, 2.05) is 6.92 Å². The van der Waals surface area contributed by atoms with Gasteiger partial charge in [-0.05, 0) is 43.3 Å². The largest absolute Gasteiger partial charge is 0.322 e. The molecule has 0 fully saturated rings. The van der Waals surface area contributed by atoms with Crippen molar-refractivity contribution < 1.29 is 17.6 Å². The van der Waals surface area contributed by atoms with Crippen molar-refractivity contribution in [1.82, 2.24) is 0 Å². The number of hydrogen-bond acceptors (Lipinski definition) is 3. The molecule has 0 aliphatic heterocycles. The molecule has 0 saturated carbocycles. The highest BCUT2D eigenvalue weighted by atomic mass is 35.5. The van der Waals surface area contributed by atoms with Gasteiger partial charge in [0.05, 0.1) is 26.3 Å². The number of amides is 1. The molecule has 3 aromatic carbocycles. The number of rotatable bonds is 6. The molecule has 0 bridgehead atoms. The summed E-state index contributed by atoms with van der Waals surface area (Å²) in [5.41, 5.74) is 0.847. The Kier molecular flexibility index (Phi) is 6.65. The quantitative estimate of drug-likeness (QED) is 0.537. The van der Waals surface area contributed by atoms with Crippen LogP contribution in [-0.4, -0.2) is 20.9 Å². The monoisotopic (exact) mass is 466 g/mol. The Morgan fingerprint density at radius 3 is 2.33 bits per heavy atom. The van der Waals surface area contributed by atoms with Crippen LogP contribution in [0.5, 0.6) is 0 Å². The number of benzene rings is 3. The van der Waals surface area contributed by atoms with E-state index in [9.17, 15) is 17.6 Å². The summed E-state index contributed by atoms with van der Waals surface area (Å²) < 4.78 is 41.4. The van der Waals surface area contributed by atoms with Gasteiger partial charge in [0.15, 0.2) is 0 Å². The van der Waals surface area contributed by atoms with E-state index in [1.54, 1.807) is 18.2 Å². The van der Waals surface area contributed by atoms with E-state index < -0.39 is 28.3 Å². The summed E-state index contributed by atoms with van der Waals surface area (Å²) in [6, 6.07) is 16.2. The van der Waals surface area contributed by atoms with Crippen molar-refractivity contribution >= 4 is 50.5 Å². The van der Waals surface area contributed by atoms with Gasteiger partial charge in [-0.2, -0.15) is 0 Å². The molecule has 30 heavy (non-hydrogen) atoms. The molecule has 0 heterocycles. The lowest BCUT2D eigenvalue weighted by atomic mass is 10.2. The fourth-order valence-electron chi connectivity index (χ4n) is 2.70. The lowest BCUT2D eigenvalue weighted by Gasteiger charge is -2.25. The van der Waals surface area contributed by atoms with Gasteiger partial charge in [-0.3, -0.25) is 9.10 Å². The molecule has 1 N–H and O–H groups in total. The van der Waals surface area contributed by atoms with Crippen molar-refractivity contribution in [3.8, 4) is 0 Å². The third kappa shape index (κ3) is 4.75. The Bertz CT molecular complexity index is 1190. The molecule has 0 atom stereocenters. The molecule has 0 spiro atoms. The van der Waals surface area contributed by atoms with Crippen molar-refractivity contribution in [3.63, 3.8) is 0 Å². The Labute approximate surface area is 184 Å². The molecule has 0 aliphatic carbocycles. The Hall–Kier alpha value is -2.61. The van der Waals surface area contributed by atoms with E-state index in [0.717, 1.165) is 9.87 Å². The van der Waals surface area contributed by atoms with E-state index in [4.69, 9.17) is 23.2 Å². The summed E-state index contributed by atoms with van der Waals surface area (Å²) in [4.78, 5) is 12.6. The molecule has 1 amide bonds. The number of nitrogens with zero attached hydrogens (tertiary/aromatic N) is 1. The number of hydrogen-bond donors (Lipinski definition) is 1. The third-order valence-electron chi connectivity index (χ3n) is 4.24. The second-order valence-electron chi connectivity index (χ2n) is 6.43. The molecule has 3 aromatic rings. The highest BCUT2D eigenvalue weighted by Gasteiger charge is 2.29. The van der Waals surface area contributed by atoms with Gasteiger partial charge < -0.3 is 5.32 Å². The van der Waals surface area contributed by atoms with Gasteiger partial charge in [0, 0.05) is 0 Å². The fraction of sp³-hybridized carbons (Fsp3) is 0.0952. The van der Waals surface area contributed by atoms with Crippen LogP contribution in [0.1, 0.15) is 5.56 Å². The minimum absolute atomic E-state index is 0.0199. The van der Waals surface area contributed by atoms with Crippen LogP contribution < -0.4 is 9.62 Å². The Morgan fingerprint density at radius 1 is 1.00 bits per heavy atom. The first-order valence-electron chi connectivity index (χ1n) is 8.78. The zero-order valence-electron chi connectivity index (χ0n) is 15.8. The highest BCUT2D eigenvalue weighted by Crippen LogP contribution is 2.35. The highest BCUT2D eigenvalue weighted by molar-refractivity contribution is 7.92. The van der Waals surface area contributed by atoms with Crippen LogP contribution in [0.2, 0.25) is 10.0 Å². The van der Waals surface area contributed by atoms with Gasteiger partial charge in [0.25, 0.3) is 10.0 Å². The van der Waals surface area contributed by atoms with Crippen molar-refractivity contribution in [1.29, 1.82) is 0 Å². The number of sulfonamides is 1.